The second-order valence-corrected chi connectivity index (χ2v) is 23.1. The molecule has 0 heterocycles. The van der Waals surface area contributed by atoms with Crippen molar-refractivity contribution in [1.29, 1.82) is 0 Å². The average molecular weight is 1140 g/mol. The largest absolute Gasteiger partial charge is 0.462 e. The van der Waals surface area contributed by atoms with E-state index in [0.717, 1.165) is 122 Å². The minimum Gasteiger partial charge on any atom is -0.462 e. The number of allylic oxidation sites excluding steroid dienone is 18. The van der Waals surface area contributed by atoms with Crippen LogP contribution < -0.4 is 0 Å². The van der Waals surface area contributed by atoms with Gasteiger partial charge in [-0.2, -0.15) is 0 Å². The molecule has 0 aromatic heterocycles. The maximum absolute atomic E-state index is 12.9. The van der Waals surface area contributed by atoms with Crippen molar-refractivity contribution in [1.82, 2.24) is 0 Å². The molecule has 6 heteroatoms. The van der Waals surface area contributed by atoms with E-state index in [9.17, 15) is 14.4 Å². The molecule has 0 amide bonds. The minimum atomic E-state index is -0.790. The minimum absolute atomic E-state index is 0.0845. The van der Waals surface area contributed by atoms with Crippen LogP contribution in [-0.4, -0.2) is 37.2 Å². The maximum atomic E-state index is 12.9. The second kappa shape index (κ2) is 69.6. The molecule has 470 valence electrons. The highest BCUT2D eigenvalue weighted by molar-refractivity contribution is 5.71. The van der Waals surface area contributed by atoms with Gasteiger partial charge in [-0.15, -0.1) is 0 Å². The lowest BCUT2D eigenvalue weighted by Crippen LogP contribution is -2.30. The third kappa shape index (κ3) is 66.9. The van der Waals surface area contributed by atoms with Gasteiger partial charge in [0.25, 0.3) is 0 Å². The predicted octanol–water partition coefficient (Wildman–Crippen LogP) is 24.2. The Balaban J connectivity index is 4.27. The number of hydrogen-bond acceptors (Lipinski definition) is 6. The first-order valence-corrected chi connectivity index (χ1v) is 34.9. The summed E-state index contributed by atoms with van der Waals surface area (Å²) < 4.78 is 17.0. The van der Waals surface area contributed by atoms with Crippen LogP contribution in [0.2, 0.25) is 0 Å². The average Bonchev–Trinajstić information content (AvgIpc) is 3.47. The Labute approximate surface area is 508 Å². The lowest BCUT2D eigenvalue weighted by atomic mass is 10.0. The van der Waals surface area contributed by atoms with Crippen LogP contribution in [0.5, 0.6) is 0 Å². The molecule has 0 bridgehead atoms. The van der Waals surface area contributed by atoms with E-state index in [-0.39, 0.29) is 31.1 Å². The zero-order valence-corrected chi connectivity index (χ0v) is 54.0. The van der Waals surface area contributed by atoms with E-state index >= 15 is 0 Å². The molecule has 0 aliphatic rings. The molecule has 0 N–H and O–H groups in total. The number of carbonyl (C=O) groups is 3. The van der Waals surface area contributed by atoms with Crippen molar-refractivity contribution in [3.8, 4) is 0 Å². The Morgan fingerprint density at radius 3 is 0.780 bits per heavy atom. The summed E-state index contributed by atoms with van der Waals surface area (Å²) in [6, 6.07) is 0. The third-order valence-electron chi connectivity index (χ3n) is 15.0. The molecule has 0 aromatic rings. The first-order valence-electron chi connectivity index (χ1n) is 34.9. The first kappa shape index (κ1) is 78.1. The Hall–Kier alpha value is -3.93. The van der Waals surface area contributed by atoms with Gasteiger partial charge in [-0.1, -0.05) is 297 Å². The van der Waals surface area contributed by atoms with Gasteiger partial charge in [0.15, 0.2) is 6.10 Å². The Kier molecular flexibility index (Phi) is 66.2. The summed E-state index contributed by atoms with van der Waals surface area (Å²) in [4.78, 5) is 38.4. The zero-order chi connectivity index (χ0) is 59.2. The highest BCUT2D eigenvalue weighted by atomic mass is 16.6. The van der Waals surface area contributed by atoms with Crippen LogP contribution >= 0.6 is 0 Å². The molecule has 1 unspecified atom stereocenters. The highest BCUT2D eigenvalue weighted by Crippen LogP contribution is 2.17. The molecule has 0 saturated carbocycles. The van der Waals surface area contributed by atoms with Crippen LogP contribution in [0, 0.1) is 0 Å². The summed E-state index contributed by atoms with van der Waals surface area (Å²) in [6.07, 6.45) is 95.4. The van der Waals surface area contributed by atoms with Crippen LogP contribution in [0.4, 0.5) is 0 Å². The lowest BCUT2D eigenvalue weighted by Gasteiger charge is -2.18. The normalized spacial score (nSPS) is 12.8. The molecule has 0 saturated heterocycles. The number of unbranched alkanes of at least 4 members (excludes halogenated alkanes) is 34. The van der Waals surface area contributed by atoms with Crippen molar-refractivity contribution in [3.05, 3.63) is 109 Å². The number of rotatable bonds is 63. The monoisotopic (exact) mass is 1140 g/mol. The number of ether oxygens (including phenoxy) is 3. The molecule has 0 aromatic carbocycles. The van der Waals surface area contributed by atoms with Gasteiger partial charge in [0.2, 0.25) is 0 Å². The summed E-state index contributed by atoms with van der Waals surface area (Å²) in [5, 5.41) is 0. The highest BCUT2D eigenvalue weighted by Gasteiger charge is 2.19. The van der Waals surface area contributed by atoms with Gasteiger partial charge < -0.3 is 14.2 Å². The molecule has 0 fully saturated rings. The van der Waals surface area contributed by atoms with Gasteiger partial charge in [-0.3, -0.25) is 14.4 Å². The van der Waals surface area contributed by atoms with E-state index in [1.54, 1.807) is 0 Å². The van der Waals surface area contributed by atoms with Crippen molar-refractivity contribution in [2.75, 3.05) is 13.2 Å². The third-order valence-corrected chi connectivity index (χ3v) is 15.0. The Morgan fingerprint density at radius 1 is 0.256 bits per heavy atom. The number of hydrogen-bond donors (Lipinski definition) is 0. The standard InChI is InChI=1S/C76H130O6/c1-4-7-10-13-16-19-22-25-28-30-32-33-34-35-36-37-38-39-40-41-42-43-45-46-48-51-54-57-60-63-66-69-75(78)81-72-73(71-80-74(77)68-65-62-59-56-53-50-27-24-21-18-15-12-9-6-3)82-76(79)70-67-64-61-58-55-52-49-47-44-31-29-26-23-20-17-14-11-8-5-2/h7,10,16-17,19-20,24-29,32-33,35-36,44,47,73H,4-6,8-9,11-15,18,21-23,30-31,34,37-43,45-46,48-72H2,1-3H3/b10-7-,19-16-,20-17-,27-24-,28-25-,29-26-,33-32-,36-35-,47-44-. The lowest BCUT2D eigenvalue weighted by molar-refractivity contribution is -0.167. The fourth-order valence-electron chi connectivity index (χ4n) is 9.77. The summed E-state index contributed by atoms with van der Waals surface area (Å²) in [5.41, 5.74) is 0. The van der Waals surface area contributed by atoms with Gasteiger partial charge in [0.1, 0.15) is 13.2 Å². The molecule has 1 atom stereocenters. The fourth-order valence-corrected chi connectivity index (χ4v) is 9.77. The second-order valence-electron chi connectivity index (χ2n) is 23.1. The van der Waals surface area contributed by atoms with E-state index < -0.39 is 6.10 Å². The topological polar surface area (TPSA) is 78.9 Å². The molecule has 6 nitrogen and oxygen atoms in total. The maximum Gasteiger partial charge on any atom is 0.306 e. The van der Waals surface area contributed by atoms with E-state index in [1.165, 1.54) is 173 Å². The van der Waals surface area contributed by atoms with Crippen molar-refractivity contribution < 1.29 is 28.6 Å². The summed E-state index contributed by atoms with van der Waals surface area (Å²) in [5.74, 6) is -0.893. The predicted molar refractivity (Wildman–Crippen MR) is 357 cm³/mol. The van der Waals surface area contributed by atoms with E-state index in [2.05, 4.69) is 130 Å². The van der Waals surface area contributed by atoms with Crippen LogP contribution in [0.25, 0.3) is 0 Å². The smallest absolute Gasteiger partial charge is 0.306 e. The molecule has 0 rings (SSSR count). The van der Waals surface area contributed by atoms with Gasteiger partial charge >= 0.3 is 17.9 Å². The Morgan fingerprint density at radius 2 is 0.476 bits per heavy atom. The van der Waals surface area contributed by atoms with Crippen LogP contribution in [0.1, 0.15) is 335 Å². The van der Waals surface area contributed by atoms with E-state index in [4.69, 9.17) is 14.2 Å². The quantitative estimate of drug-likeness (QED) is 0.0261. The van der Waals surface area contributed by atoms with E-state index in [0.29, 0.717) is 19.3 Å². The van der Waals surface area contributed by atoms with Gasteiger partial charge in [-0.25, -0.2) is 0 Å². The molecule has 82 heavy (non-hydrogen) atoms. The molecule has 0 radical (unpaired) electrons. The first-order chi connectivity index (χ1) is 40.5. The van der Waals surface area contributed by atoms with E-state index in [1.807, 2.05) is 0 Å². The summed E-state index contributed by atoms with van der Waals surface area (Å²) in [7, 11) is 0. The van der Waals surface area contributed by atoms with Crippen LogP contribution in [0.15, 0.2) is 109 Å². The number of esters is 3. The van der Waals surface area contributed by atoms with Crippen LogP contribution in [0.3, 0.4) is 0 Å². The van der Waals surface area contributed by atoms with Crippen LogP contribution in [-0.2, 0) is 28.6 Å². The van der Waals surface area contributed by atoms with Crippen molar-refractivity contribution >= 4 is 17.9 Å². The van der Waals surface area contributed by atoms with Crippen molar-refractivity contribution in [2.24, 2.45) is 0 Å². The molecule has 0 aliphatic carbocycles. The fraction of sp³-hybridized carbons (Fsp3) is 0.724. The molecular formula is C76H130O6. The Bertz CT molecular complexity index is 1640. The summed E-state index contributed by atoms with van der Waals surface area (Å²) >= 11 is 0. The zero-order valence-electron chi connectivity index (χ0n) is 54.0. The van der Waals surface area contributed by atoms with Crippen molar-refractivity contribution in [3.63, 3.8) is 0 Å². The SMILES string of the molecule is CC/C=C\C/C=C\C/C=C\C/C=C\C/C=C\CCCCCCCCCCCCCCCCCC(=O)OCC(COC(=O)CCCCCCC/C=C\CCCCCCC)OC(=O)CCCCCCCC/C=C\C/C=C\C/C=C\CCCCC. The molecular weight excluding hydrogens is 1010 g/mol. The van der Waals surface area contributed by atoms with Gasteiger partial charge in [-0.05, 0) is 128 Å². The summed E-state index contributed by atoms with van der Waals surface area (Å²) in [6.45, 7) is 6.50. The van der Waals surface area contributed by atoms with Crippen molar-refractivity contribution in [2.45, 2.75) is 341 Å². The van der Waals surface area contributed by atoms with Gasteiger partial charge in [0, 0.05) is 19.3 Å². The molecule has 0 spiro atoms. The molecule has 0 aliphatic heterocycles. The van der Waals surface area contributed by atoms with Gasteiger partial charge in [0.05, 0.1) is 0 Å². The number of carbonyl (C=O) groups excluding carboxylic acids is 3.